The van der Waals surface area contributed by atoms with Crippen molar-refractivity contribution in [2.75, 3.05) is 0 Å². The molecule has 0 fully saturated rings. The van der Waals surface area contributed by atoms with Gasteiger partial charge in [-0.1, -0.05) is 12.1 Å². The van der Waals surface area contributed by atoms with E-state index in [9.17, 15) is 9.90 Å². The lowest BCUT2D eigenvalue weighted by Gasteiger charge is -1.95. The number of para-hydroxylation sites is 1. The van der Waals surface area contributed by atoms with E-state index in [1.807, 2.05) is 18.2 Å². The van der Waals surface area contributed by atoms with E-state index >= 15 is 0 Å². The molecule has 1 N–H and O–H groups in total. The van der Waals surface area contributed by atoms with Crippen LogP contribution in [-0.4, -0.2) is 21.4 Å². The SMILES string of the molecule is O=Cc1ccco1.Oc1ncnc2ccccc12. The van der Waals surface area contributed by atoms with Crippen LogP contribution in [0.2, 0.25) is 0 Å². The molecule has 5 nitrogen and oxygen atoms in total. The molecular formula is C13H10N2O3. The van der Waals surface area contributed by atoms with E-state index in [-0.39, 0.29) is 5.88 Å². The zero-order valence-corrected chi connectivity index (χ0v) is 9.35. The average molecular weight is 242 g/mol. The van der Waals surface area contributed by atoms with Crippen molar-refractivity contribution in [3.05, 3.63) is 54.7 Å². The molecule has 5 heteroatoms. The molecule has 0 spiro atoms. The maximum absolute atomic E-state index is 9.77. The molecule has 0 bridgehead atoms. The molecule has 0 saturated carbocycles. The summed E-state index contributed by atoms with van der Waals surface area (Å²) < 4.78 is 4.61. The third-order valence-corrected chi connectivity index (χ3v) is 2.18. The Bertz CT molecular complexity index is 630. The predicted molar refractivity (Wildman–Crippen MR) is 65.3 cm³/mol. The fourth-order valence-corrected chi connectivity index (χ4v) is 1.35. The summed E-state index contributed by atoms with van der Waals surface area (Å²) in [5.41, 5.74) is 0.764. The van der Waals surface area contributed by atoms with E-state index in [0.29, 0.717) is 17.4 Å². The van der Waals surface area contributed by atoms with Crippen molar-refractivity contribution < 1.29 is 14.3 Å². The van der Waals surface area contributed by atoms with Crippen LogP contribution < -0.4 is 0 Å². The number of hydrogen-bond acceptors (Lipinski definition) is 5. The Morgan fingerprint density at radius 1 is 1.11 bits per heavy atom. The number of benzene rings is 1. The first-order valence-electron chi connectivity index (χ1n) is 5.18. The van der Waals surface area contributed by atoms with Gasteiger partial charge in [-0.05, 0) is 24.3 Å². The zero-order valence-electron chi connectivity index (χ0n) is 9.35. The maximum Gasteiger partial charge on any atom is 0.221 e. The van der Waals surface area contributed by atoms with Gasteiger partial charge in [0.1, 0.15) is 6.33 Å². The molecule has 2 aromatic heterocycles. The molecule has 0 saturated heterocycles. The van der Waals surface area contributed by atoms with Crippen LogP contribution in [0, 0.1) is 0 Å². The van der Waals surface area contributed by atoms with Crippen LogP contribution in [0.1, 0.15) is 10.6 Å². The third kappa shape index (κ3) is 2.70. The third-order valence-electron chi connectivity index (χ3n) is 2.18. The van der Waals surface area contributed by atoms with Crippen LogP contribution in [0.5, 0.6) is 5.88 Å². The molecule has 0 unspecified atom stereocenters. The van der Waals surface area contributed by atoms with E-state index in [1.54, 1.807) is 18.2 Å². The number of aldehydes is 1. The number of carbonyl (C=O) groups is 1. The Balaban J connectivity index is 0.000000149. The number of rotatable bonds is 1. The van der Waals surface area contributed by atoms with Crippen LogP contribution in [0.15, 0.2) is 53.4 Å². The van der Waals surface area contributed by atoms with Gasteiger partial charge in [0.05, 0.1) is 17.2 Å². The van der Waals surface area contributed by atoms with Gasteiger partial charge in [-0.3, -0.25) is 4.79 Å². The van der Waals surface area contributed by atoms with Crippen LogP contribution in [-0.2, 0) is 0 Å². The lowest BCUT2D eigenvalue weighted by molar-refractivity contribution is 0.110. The van der Waals surface area contributed by atoms with Crippen molar-refractivity contribution >= 4 is 17.2 Å². The minimum absolute atomic E-state index is 0.0376. The topological polar surface area (TPSA) is 76.2 Å². The summed E-state index contributed by atoms with van der Waals surface area (Å²) in [6.07, 6.45) is 3.47. The number of aromatic nitrogens is 2. The van der Waals surface area contributed by atoms with Gasteiger partial charge in [0.25, 0.3) is 0 Å². The van der Waals surface area contributed by atoms with Crippen LogP contribution in [0.3, 0.4) is 0 Å². The molecule has 90 valence electrons. The molecule has 0 radical (unpaired) electrons. The molecule has 0 amide bonds. The molecule has 18 heavy (non-hydrogen) atoms. The van der Waals surface area contributed by atoms with Crippen LogP contribution >= 0.6 is 0 Å². The second-order valence-electron chi connectivity index (χ2n) is 3.35. The Kier molecular flexibility index (Phi) is 3.66. The summed E-state index contributed by atoms with van der Waals surface area (Å²) in [7, 11) is 0. The van der Waals surface area contributed by atoms with E-state index in [1.165, 1.54) is 12.6 Å². The normalized spacial score (nSPS) is 9.56. The van der Waals surface area contributed by atoms with Crippen molar-refractivity contribution in [3.63, 3.8) is 0 Å². The van der Waals surface area contributed by atoms with Crippen molar-refractivity contribution in [2.24, 2.45) is 0 Å². The van der Waals surface area contributed by atoms with Crippen molar-refractivity contribution in [1.29, 1.82) is 0 Å². The van der Waals surface area contributed by atoms with Crippen LogP contribution in [0.4, 0.5) is 0 Å². The van der Waals surface area contributed by atoms with Gasteiger partial charge in [-0.15, -0.1) is 0 Å². The highest BCUT2D eigenvalue weighted by Crippen LogP contribution is 2.17. The summed E-state index contributed by atoms with van der Waals surface area (Å²) >= 11 is 0. The second kappa shape index (κ2) is 5.58. The quantitative estimate of drug-likeness (QED) is 0.663. The first-order valence-corrected chi connectivity index (χ1v) is 5.18. The fourth-order valence-electron chi connectivity index (χ4n) is 1.35. The number of aromatic hydroxyl groups is 1. The molecule has 1 aromatic carbocycles. The fraction of sp³-hybridized carbons (Fsp3) is 0. The minimum Gasteiger partial charge on any atom is -0.493 e. The molecule has 2 heterocycles. The standard InChI is InChI=1S/C8H6N2O.C5H4O2/c11-8-6-3-1-2-4-7(6)9-5-10-8;6-4-5-2-1-3-7-5/h1-5H,(H,9,10,11);1-4H. The average Bonchev–Trinajstić information content (AvgIpc) is 2.93. The molecule has 0 aliphatic carbocycles. The lowest BCUT2D eigenvalue weighted by Crippen LogP contribution is -1.80. The minimum atomic E-state index is 0.0376. The van der Waals surface area contributed by atoms with E-state index < -0.39 is 0 Å². The zero-order chi connectivity index (χ0) is 12.8. The molecule has 0 aliphatic rings. The Hall–Kier alpha value is -2.69. The highest BCUT2D eigenvalue weighted by Gasteiger charge is 1.97. The van der Waals surface area contributed by atoms with Gasteiger partial charge < -0.3 is 9.52 Å². The van der Waals surface area contributed by atoms with Crippen LogP contribution in [0.25, 0.3) is 10.9 Å². The van der Waals surface area contributed by atoms with Crippen molar-refractivity contribution in [2.45, 2.75) is 0 Å². The molecule has 3 rings (SSSR count). The van der Waals surface area contributed by atoms with Gasteiger partial charge in [0.15, 0.2) is 12.0 Å². The van der Waals surface area contributed by atoms with Gasteiger partial charge >= 0.3 is 0 Å². The summed E-state index contributed by atoms with van der Waals surface area (Å²) in [4.78, 5) is 17.4. The number of furan rings is 1. The largest absolute Gasteiger partial charge is 0.493 e. The van der Waals surface area contributed by atoms with Gasteiger partial charge in [-0.2, -0.15) is 0 Å². The highest BCUT2D eigenvalue weighted by molar-refractivity contribution is 5.82. The van der Waals surface area contributed by atoms with Gasteiger partial charge in [0.2, 0.25) is 5.88 Å². The smallest absolute Gasteiger partial charge is 0.221 e. The lowest BCUT2D eigenvalue weighted by atomic mass is 10.2. The first-order chi connectivity index (χ1) is 8.81. The Morgan fingerprint density at radius 3 is 2.56 bits per heavy atom. The number of hydrogen-bond donors (Lipinski definition) is 1. The monoisotopic (exact) mass is 242 g/mol. The van der Waals surface area contributed by atoms with Gasteiger partial charge in [-0.25, -0.2) is 9.97 Å². The summed E-state index contributed by atoms with van der Waals surface area (Å²) in [5, 5.41) is 9.91. The Labute approximate surface area is 103 Å². The number of carbonyl (C=O) groups excluding carboxylic acids is 1. The number of nitrogens with zero attached hydrogens (tertiary/aromatic N) is 2. The van der Waals surface area contributed by atoms with Gasteiger partial charge in [0, 0.05) is 0 Å². The molecule has 3 aromatic rings. The van der Waals surface area contributed by atoms with E-state index in [0.717, 1.165) is 5.52 Å². The molecular weight excluding hydrogens is 232 g/mol. The number of fused-ring (bicyclic) bond motifs is 1. The summed E-state index contributed by atoms with van der Waals surface area (Å²) in [6, 6.07) is 10.6. The van der Waals surface area contributed by atoms with E-state index in [4.69, 9.17) is 0 Å². The first kappa shape index (κ1) is 11.8. The summed E-state index contributed by atoms with van der Waals surface area (Å²) in [5.74, 6) is 0.413. The van der Waals surface area contributed by atoms with E-state index in [2.05, 4.69) is 14.4 Å². The highest BCUT2D eigenvalue weighted by atomic mass is 16.3. The Morgan fingerprint density at radius 2 is 1.94 bits per heavy atom. The molecule has 0 atom stereocenters. The van der Waals surface area contributed by atoms with Crippen molar-refractivity contribution in [3.8, 4) is 5.88 Å². The second-order valence-corrected chi connectivity index (χ2v) is 3.35. The van der Waals surface area contributed by atoms with Crippen molar-refractivity contribution in [1.82, 2.24) is 9.97 Å². The molecule has 0 aliphatic heterocycles. The predicted octanol–water partition coefficient (Wildman–Crippen LogP) is 2.43. The maximum atomic E-state index is 9.77. The summed E-state index contributed by atoms with van der Waals surface area (Å²) in [6.45, 7) is 0.